The van der Waals surface area contributed by atoms with E-state index in [0.717, 1.165) is 48.7 Å². The van der Waals surface area contributed by atoms with Gasteiger partial charge in [-0.1, -0.05) is 26.8 Å². The molecule has 7 nitrogen and oxygen atoms in total. The number of ether oxygens (including phenoxy) is 1. The second-order valence-corrected chi connectivity index (χ2v) is 12.0. The van der Waals surface area contributed by atoms with E-state index in [1.807, 2.05) is 36.2 Å². The molecule has 6 atom stereocenters. The Bertz CT molecular complexity index is 1020. The first-order valence-corrected chi connectivity index (χ1v) is 13.9. The van der Waals surface area contributed by atoms with Crippen molar-refractivity contribution >= 4 is 22.4 Å². The zero-order chi connectivity index (χ0) is 24.6. The highest BCUT2D eigenvalue weighted by Crippen LogP contribution is 2.57. The number of aliphatic hydroxyl groups is 1. The molecule has 2 fully saturated rings. The topological polar surface area (TPSA) is 87.6 Å². The van der Waals surface area contributed by atoms with E-state index >= 15 is 0 Å². The van der Waals surface area contributed by atoms with Crippen LogP contribution in [0.2, 0.25) is 0 Å². The molecule has 0 unspecified atom stereocenters. The number of pyridine rings is 1. The Morgan fingerprint density at radius 1 is 1.37 bits per heavy atom. The molecule has 0 aromatic carbocycles. The van der Waals surface area contributed by atoms with E-state index in [0.29, 0.717) is 26.3 Å². The van der Waals surface area contributed by atoms with Crippen molar-refractivity contribution in [1.29, 1.82) is 0 Å². The summed E-state index contributed by atoms with van der Waals surface area (Å²) in [4.78, 5) is 25.9. The van der Waals surface area contributed by atoms with Gasteiger partial charge in [0.1, 0.15) is 0 Å². The minimum atomic E-state index is -0.501. The van der Waals surface area contributed by atoms with Crippen LogP contribution >= 0.6 is 11.3 Å². The van der Waals surface area contributed by atoms with Gasteiger partial charge >= 0.3 is 0 Å². The highest BCUT2D eigenvalue weighted by Gasteiger charge is 2.54. The smallest absolute Gasteiger partial charge is 0.225 e. The number of amides is 1. The normalized spacial score (nSPS) is 31.4. The van der Waals surface area contributed by atoms with E-state index in [1.165, 1.54) is 4.88 Å². The van der Waals surface area contributed by atoms with E-state index in [-0.39, 0.29) is 35.0 Å². The summed E-state index contributed by atoms with van der Waals surface area (Å²) in [5.74, 6) is 0.243. The average molecular weight is 499 g/mol. The Morgan fingerprint density at radius 2 is 2.17 bits per heavy atom. The summed E-state index contributed by atoms with van der Waals surface area (Å²) in [6.45, 7) is 9.88. The highest BCUT2D eigenvalue weighted by molar-refractivity contribution is 7.15. The molecular weight excluding hydrogens is 460 g/mol. The standard InChI is InChI=1S/C27H38N4O3S/c1-17(25(33)31-12-14-34-15-13-31)20-7-9-27(3)16-21-23(18(2)22(27)24(20)32)30-26(35-21)29-11-8-19-6-4-5-10-28-19/h4-6,10,17-18,20,22,24,32H,7-9,11-16H2,1-3H3,(H,29,30)/t17-,18-,20-,22+,24-,27-/m0/s1. The van der Waals surface area contributed by atoms with Crippen molar-refractivity contribution in [3.63, 3.8) is 0 Å². The summed E-state index contributed by atoms with van der Waals surface area (Å²) in [5.41, 5.74) is 2.23. The molecule has 1 aliphatic heterocycles. The second-order valence-electron chi connectivity index (χ2n) is 10.9. The van der Waals surface area contributed by atoms with Gasteiger partial charge in [0.2, 0.25) is 5.91 Å². The molecule has 3 aliphatic rings. The van der Waals surface area contributed by atoms with Crippen LogP contribution in [0.3, 0.4) is 0 Å². The van der Waals surface area contributed by atoms with Crippen LogP contribution in [0.5, 0.6) is 0 Å². The number of aromatic nitrogens is 2. The van der Waals surface area contributed by atoms with E-state index in [2.05, 4.69) is 24.1 Å². The molecule has 8 heteroatoms. The number of nitrogens with zero attached hydrogens (tertiary/aromatic N) is 3. The molecule has 0 bridgehead atoms. The summed E-state index contributed by atoms with van der Waals surface area (Å²) in [5, 5.41) is 16.1. The average Bonchev–Trinajstić information content (AvgIpc) is 3.27. The van der Waals surface area contributed by atoms with Crippen LogP contribution in [0, 0.1) is 23.2 Å². The number of carbonyl (C=O) groups is 1. The largest absolute Gasteiger partial charge is 0.392 e. The number of nitrogens with one attached hydrogen (secondary N) is 1. The van der Waals surface area contributed by atoms with Gasteiger partial charge in [-0.25, -0.2) is 4.98 Å². The van der Waals surface area contributed by atoms with Crippen LogP contribution in [0.1, 0.15) is 55.8 Å². The van der Waals surface area contributed by atoms with E-state index in [9.17, 15) is 9.90 Å². The number of rotatable bonds is 6. The van der Waals surface area contributed by atoms with Gasteiger partial charge in [0.05, 0.1) is 25.0 Å². The van der Waals surface area contributed by atoms with E-state index in [1.54, 1.807) is 11.3 Å². The Labute approximate surface area is 212 Å². The summed E-state index contributed by atoms with van der Waals surface area (Å²) >= 11 is 1.76. The van der Waals surface area contributed by atoms with Gasteiger partial charge in [-0.3, -0.25) is 9.78 Å². The van der Waals surface area contributed by atoms with Gasteiger partial charge in [0.25, 0.3) is 0 Å². The Morgan fingerprint density at radius 3 is 2.91 bits per heavy atom. The van der Waals surface area contributed by atoms with Crippen molar-refractivity contribution in [2.75, 3.05) is 38.2 Å². The predicted molar refractivity (Wildman–Crippen MR) is 138 cm³/mol. The molecule has 0 spiro atoms. The van der Waals surface area contributed by atoms with Gasteiger partial charge in [-0.2, -0.15) is 0 Å². The third kappa shape index (κ3) is 4.85. The Balaban J connectivity index is 1.28. The number of hydrogen-bond donors (Lipinski definition) is 2. The predicted octanol–water partition coefficient (Wildman–Crippen LogP) is 3.74. The molecule has 0 radical (unpaired) electrons. The molecule has 190 valence electrons. The minimum Gasteiger partial charge on any atom is -0.392 e. The first-order valence-electron chi connectivity index (χ1n) is 13.1. The zero-order valence-corrected chi connectivity index (χ0v) is 21.9. The molecule has 5 rings (SSSR count). The van der Waals surface area contributed by atoms with Crippen molar-refractivity contribution in [2.45, 2.75) is 58.5 Å². The summed E-state index contributed by atoms with van der Waals surface area (Å²) in [6, 6.07) is 6.00. The number of hydrogen-bond acceptors (Lipinski definition) is 7. The van der Waals surface area contributed by atoms with Gasteiger partial charge in [-0.15, -0.1) is 11.3 Å². The van der Waals surface area contributed by atoms with Crippen LogP contribution in [0.4, 0.5) is 5.13 Å². The zero-order valence-electron chi connectivity index (χ0n) is 21.1. The number of thiazole rings is 1. The van der Waals surface area contributed by atoms with Crippen LogP contribution in [0.25, 0.3) is 0 Å². The fraction of sp³-hybridized carbons (Fsp3) is 0.667. The van der Waals surface area contributed by atoms with Crippen molar-refractivity contribution in [2.24, 2.45) is 23.2 Å². The van der Waals surface area contributed by atoms with Crippen LogP contribution in [-0.4, -0.2) is 64.8 Å². The number of aliphatic hydroxyl groups excluding tert-OH is 1. The van der Waals surface area contributed by atoms with Crippen LogP contribution in [0.15, 0.2) is 24.4 Å². The van der Waals surface area contributed by atoms with Crippen molar-refractivity contribution in [1.82, 2.24) is 14.9 Å². The summed E-state index contributed by atoms with van der Waals surface area (Å²) < 4.78 is 5.42. The number of anilines is 1. The van der Waals surface area contributed by atoms with Gasteiger partial charge < -0.3 is 20.1 Å². The Hall–Kier alpha value is -2.03. The molecule has 2 aliphatic carbocycles. The lowest BCUT2D eigenvalue weighted by molar-refractivity contribution is -0.148. The maximum absolute atomic E-state index is 13.2. The summed E-state index contributed by atoms with van der Waals surface area (Å²) in [6.07, 6.45) is 5.06. The first-order chi connectivity index (χ1) is 16.9. The number of morpholine rings is 1. The molecule has 1 amide bonds. The van der Waals surface area contributed by atoms with Crippen LogP contribution < -0.4 is 5.32 Å². The Kier molecular flexibility index (Phi) is 7.15. The lowest BCUT2D eigenvalue weighted by Gasteiger charge is -2.53. The second kappa shape index (κ2) is 10.1. The fourth-order valence-electron chi connectivity index (χ4n) is 6.72. The SMILES string of the molecule is C[C@H](C(=O)N1CCOCC1)[C@@H]1CC[C@@]2(C)Cc3sc(NCCc4ccccn4)nc3[C@@H](C)[C@@H]2[C@H]1O. The quantitative estimate of drug-likeness (QED) is 0.631. The van der Waals surface area contributed by atoms with Crippen LogP contribution in [-0.2, 0) is 22.4 Å². The third-order valence-electron chi connectivity index (χ3n) is 8.66. The van der Waals surface area contributed by atoms with Crippen molar-refractivity contribution in [3.8, 4) is 0 Å². The maximum Gasteiger partial charge on any atom is 0.225 e. The molecular formula is C27H38N4O3S. The van der Waals surface area contributed by atoms with E-state index in [4.69, 9.17) is 9.72 Å². The third-order valence-corrected chi connectivity index (χ3v) is 9.69. The molecule has 35 heavy (non-hydrogen) atoms. The lowest BCUT2D eigenvalue weighted by Crippen LogP contribution is -2.54. The maximum atomic E-state index is 13.2. The fourth-order valence-corrected chi connectivity index (χ4v) is 8.01. The summed E-state index contributed by atoms with van der Waals surface area (Å²) in [7, 11) is 0. The van der Waals surface area contributed by atoms with Gasteiger partial charge in [-0.05, 0) is 48.6 Å². The van der Waals surface area contributed by atoms with Gasteiger partial charge in [0, 0.05) is 54.7 Å². The van der Waals surface area contributed by atoms with Gasteiger partial charge in [0.15, 0.2) is 5.13 Å². The molecule has 2 aromatic heterocycles. The van der Waals surface area contributed by atoms with Crippen molar-refractivity contribution in [3.05, 3.63) is 40.7 Å². The monoisotopic (exact) mass is 498 g/mol. The molecule has 1 saturated carbocycles. The number of fused-ring (bicyclic) bond motifs is 2. The van der Waals surface area contributed by atoms with Crippen molar-refractivity contribution < 1.29 is 14.6 Å². The molecule has 3 heterocycles. The molecule has 1 saturated heterocycles. The highest BCUT2D eigenvalue weighted by atomic mass is 32.1. The first kappa shape index (κ1) is 24.7. The van der Waals surface area contributed by atoms with E-state index < -0.39 is 6.10 Å². The minimum absolute atomic E-state index is 0.0120. The lowest BCUT2D eigenvalue weighted by atomic mass is 9.53. The molecule has 2 N–H and O–H groups in total. The molecule has 2 aromatic rings. The number of carbonyl (C=O) groups excluding carboxylic acids is 1.